The molecule has 2 fully saturated rings. The number of amides is 1. The highest BCUT2D eigenvalue weighted by molar-refractivity contribution is 6.09. The summed E-state index contributed by atoms with van der Waals surface area (Å²) in [7, 11) is 0. The molecule has 2 saturated carbocycles. The van der Waals surface area contributed by atoms with Crippen LogP contribution in [0.3, 0.4) is 0 Å². The first-order valence-corrected chi connectivity index (χ1v) is 8.27. The molecule has 0 aromatic carbocycles. The summed E-state index contributed by atoms with van der Waals surface area (Å²) in [5, 5.41) is 4.10. The predicted octanol–water partition coefficient (Wildman–Crippen LogP) is 3.11. The molecule has 3 N–H and O–H groups in total. The van der Waals surface area contributed by atoms with Gasteiger partial charge in [-0.2, -0.15) is 4.98 Å². The van der Waals surface area contributed by atoms with Crippen molar-refractivity contribution in [2.24, 2.45) is 11.7 Å². The Bertz CT molecular complexity index is 803. The molecule has 0 aliphatic heterocycles. The summed E-state index contributed by atoms with van der Waals surface area (Å²) in [6, 6.07) is 0. The van der Waals surface area contributed by atoms with Crippen LogP contribution in [0, 0.1) is 12.8 Å². The highest BCUT2D eigenvalue weighted by Crippen LogP contribution is 2.44. The average Bonchev–Trinajstić information content (AvgIpc) is 3.38. The van der Waals surface area contributed by atoms with Crippen LogP contribution in [0.25, 0.3) is 11.1 Å². The predicted molar refractivity (Wildman–Crippen MR) is 87.5 cm³/mol. The Balaban J connectivity index is 1.90. The number of anilines is 1. The maximum Gasteiger partial charge on any atom is 0.253 e. The van der Waals surface area contributed by atoms with Crippen molar-refractivity contribution in [3.8, 4) is 0 Å². The van der Waals surface area contributed by atoms with Crippen molar-refractivity contribution in [3.63, 3.8) is 0 Å². The van der Waals surface area contributed by atoms with Gasteiger partial charge in [0.1, 0.15) is 17.4 Å². The van der Waals surface area contributed by atoms with Crippen molar-refractivity contribution in [1.29, 1.82) is 0 Å². The molecule has 2 aromatic heterocycles. The normalized spacial score (nSPS) is 20.5. The van der Waals surface area contributed by atoms with Crippen LogP contribution in [0.2, 0.25) is 0 Å². The second kappa shape index (κ2) is 4.69. The number of nitrogens with two attached hydrogens (primary N) is 1. The third kappa shape index (κ3) is 2.46. The lowest BCUT2D eigenvalue weighted by Crippen LogP contribution is -2.20. The molecule has 122 valence electrons. The van der Waals surface area contributed by atoms with Crippen molar-refractivity contribution in [1.82, 2.24) is 9.97 Å². The monoisotopic (exact) mass is 314 g/mol. The second-order valence-electron chi connectivity index (χ2n) is 7.32. The first-order valence-electron chi connectivity index (χ1n) is 8.27. The van der Waals surface area contributed by atoms with Crippen molar-refractivity contribution in [2.75, 3.05) is 5.32 Å². The number of hydrogen-bond acceptors (Lipinski definition) is 5. The van der Waals surface area contributed by atoms with Gasteiger partial charge in [-0.3, -0.25) is 4.79 Å². The van der Waals surface area contributed by atoms with Gasteiger partial charge in [-0.25, -0.2) is 4.98 Å². The quantitative estimate of drug-likeness (QED) is 0.884. The number of aromatic nitrogens is 2. The molecule has 2 aliphatic rings. The number of nitrogens with one attached hydrogen (secondary N) is 1. The number of fused-ring (bicyclic) bond motifs is 1. The average molecular weight is 314 g/mol. The van der Waals surface area contributed by atoms with Crippen LogP contribution in [0.1, 0.15) is 67.4 Å². The topological polar surface area (TPSA) is 94.0 Å². The number of primary amides is 1. The van der Waals surface area contributed by atoms with Gasteiger partial charge in [-0.15, -0.1) is 0 Å². The molecule has 0 spiro atoms. The lowest BCUT2D eigenvalue weighted by molar-refractivity contribution is 0.1000. The molecule has 4 rings (SSSR count). The molecule has 6 nitrogen and oxygen atoms in total. The van der Waals surface area contributed by atoms with E-state index in [1.54, 1.807) is 6.92 Å². The highest BCUT2D eigenvalue weighted by Gasteiger charge is 2.39. The molecule has 1 amide bonds. The van der Waals surface area contributed by atoms with Gasteiger partial charge < -0.3 is 15.5 Å². The summed E-state index contributed by atoms with van der Waals surface area (Å²) in [6.07, 6.45) is 4.64. The minimum Gasteiger partial charge on any atom is -0.442 e. The SMILES string of the molecule is Cc1oc2nc(C(C)C3CC3)nc(NC3(C)CC3)c2c1C(N)=O. The van der Waals surface area contributed by atoms with E-state index in [4.69, 9.17) is 15.1 Å². The van der Waals surface area contributed by atoms with E-state index in [9.17, 15) is 4.79 Å². The zero-order chi connectivity index (χ0) is 16.4. The van der Waals surface area contributed by atoms with Gasteiger partial charge in [0.2, 0.25) is 5.71 Å². The molecule has 0 radical (unpaired) electrons. The van der Waals surface area contributed by atoms with Crippen LogP contribution >= 0.6 is 0 Å². The molecule has 0 bridgehead atoms. The standard InChI is InChI=1S/C17H22N4O2/c1-8(10-4-5-10)14-19-15(21-17(3)6-7-17)12-11(13(18)22)9(2)23-16(12)20-14/h8,10H,4-7H2,1-3H3,(H2,18,22)(H,19,20,21). The van der Waals surface area contributed by atoms with Crippen LogP contribution in [0.4, 0.5) is 5.82 Å². The van der Waals surface area contributed by atoms with Crippen LogP contribution in [0.5, 0.6) is 0 Å². The molecular formula is C17H22N4O2. The van der Waals surface area contributed by atoms with Crippen LogP contribution in [0.15, 0.2) is 4.42 Å². The van der Waals surface area contributed by atoms with E-state index in [0.717, 1.165) is 18.7 Å². The van der Waals surface area contributed by atoms with Crippen molar-refractivity contribution >= 4 is 22.8 Å². The number of furan rings is 1. The maximum atomic E-state index is 11.8. The van der Waals surface area contributed by atoms with Gasteiger partial charge in [0.15, 0.2) is 0 Å². The van der Waals surface area contributed by atoms with E-state index < -0.39 is 5.91 Å². The molecule has 2 heterocycles. The first-order chi connectivity index (χ1) is 10.9. The van der Waals surface area contributed by atoms with Crippen molar-refractivity contribution < 1.29 is 9.21 Å². The van der Waals surface area contributed by atoms with E-state index in [2.05, 4.69) is 24.1 Å². The summed E-state index contributed by atoms with van der Waals surface area (Å²) < 4.78 is 5.73. The molecule has 2 aromatic rings. The van der Waals surface area contributed by atoms with Crippen LogP contribution in [-0.2, 0) is 0 Å². The molecule has 6 heteroatoms. The van der Waals surface area contributed by atoms with Crippen molar-refractivity contribution in [2.45, 2.75) is 57.9 Å². The summed E-state index contributed by atoms with van der Waals surface area (Å²) in [4.78, 5) is 21.2. The minimum absolute atomic E-state index is 0.0431. The first kappa shape index (κ1) is 14.5. The Morgan fingerprint density at radius 1 is 1.39 bits per heavy atom. The lowest BCUT2D eigenvalue weighted by atomic mass is 10.1. The Morgan fingerprint density at radius 2 is 2.09 bits per heavy atom. The third-order valence-electron chi connectivity index (χ3n) is 5.15. The fraction of sp³-hybridized carbons (Fsp3) is 0.588. The Hall–Kier alpha value is -2.11. The van der Waals surface area contributed by atoms with Gasteiger partial charge in [-0.05, 0) is 45.4 Å². The number of carbonyl (C=O) groups excluding carboxylic acids is 1. The van der Waals surface area contributed by atoms with Gasteiger partial charge in [0.25, 0.3) is 5.91 Å². The Labute approximate surface area is 134 Å². The zero-order valence-corrected chi connectivity index (χ0v) is 13.8. The lowest BCUT2D eigenvalue weighted by Gasteiger charge is -2.16. The van der Waals surface area contributed by atoms with Gasteiger partial charge in [0.05, 0.1) is 10.9 Å². The van der Waals surface area contributed by atoms with Crippen LogP contribution in [-0.4, -0.2) is 21.4 Å². The van der Waals surface area contributed by atoms with Gasteiger partial charge in [-0.1, -0.05) is 6.92 Å². The zero-order valence-electron chi connectivity index (χ0n) is 13.8. The number of aryl methyl sites for hydroxylation is 1. The van der Waals surface area contributed by atoms with Crippen molar-refractivity contribution in [3.05, 3.63) is 17.1 Å². The Morgan fingerprint density at radius 3 is 2.65 bits per heavy atom. The third-order valence-corrected chi connectivity index (χ3v) is 5.15. The smallest absolute Gasteiger partial charge is 0.253 e. The summed E-state index contributed by atoms with van der Waals surface area (Å²) >= 11 is 0. The number of hydrogen-bond donors (Lipinski definition) is 2. The van der Waals surface area contributed by atoms with E-state index >= 15 is 0 Å². The van der Waals surface area contributed by atoms with Crippen LogP contribution < -0.4 is 11.1 Å². The summed E-state index contributed by atoms with van der Waals surface area (Å²) in [5.41, 5.74) is 6.44. The molecular weight excluding hydrogens is 292 g/mol. The fourth-order valence-electron chi connectivity index (χ4n) is 3.12. The van der Waals surface area contributed by atoms with Gasteiger partial charge in [0, 0.05) is 11.5 Å². The van der Waals surface area contributed by atoms with E-state index in [-0.39, 0.29) is 5.54 Å². The van der Waals surface area contributed by atoms with E-state index in [1.807, 2.05) is 0 Å². The molecule has 0 saturated heterocycles. The number of nitrogens with zero attached hydrogens (tertiary/aromatic N) is 2. The summed E-state index contributed by atoms with van der Waals surface area (Å²) in [5.74, 6) is 2.43. The molecule has 1 unspecified atom stereocenters. The fourth-order valence-corrected chi connectivity index (χ4v) is 3.12. The van der Waals surface area contributed by atoms with E-state index in [1.165, 1.54) is 12.8 Å². The van der Waals surface area contributed by atoms with E-state index in [0.29, 0.717) is 40.1 Å². The second-order valence-corrected chi connectivity index (χ2v) is 7.32. The Kier molecular flexibility index (Phi) is 2.95. The largest absolute Gasteiger partial charge is 0.442 e. The maximum absolute atomic E-state index is 11.8. The molecule has 23 heavy (non-hydrogen) atoms. The highest BCUT2D eigenvalue weighted by atomic mass is 16.3. The summed E-state index contributed by atoms with van der Waals surface area (Å²) in [6.45, 7) is 6.06. The minimum atomic E-state index is -0.503. The number of rotatable bonds is 5. The van der Waals surface area contributed by atoms with Gasteiger partial charge >= 0.3 is 0 Å². The molecule has 1 atom stereocenters. The number of carbonyl (C=O) groups is 1. The molecule has 2 aliphatic carbocycles.